The molecule has 0 amide bonds. The fourth-order valence-electron chi connectivity index (χ4n) is 6.59. The summed E-state index contributed by atoms with van der Waals surface area (Å²) in [6.45, 7) is 23.1. The topological polar surface area (TPSA) is 3.24 Å². The molecule has 0 aromatic heterocycles. The second-order valence-electron chi connectivity index (χ2n) is 13.3. The Balaban J connectivity index is 1.61. The number of rotatable bonds is 4. The number of halogens is 2. The minimum absolute atomic E-state index is 0.0905. The number of hydrogen-bond acceptors (Lipinski definition) is 1. The number of anilines is 3. The summed E-state index contributed by atoms with van der Waals surface area (Å²) in [4.78, 5) is 2.37. The fraction of sp³-hybridized carbons (Fsp3) is 0.351. The molecule has 208 valence electrons. The maximum Gasteiger partial charge on any atom is 0.0467 e. The lowest BCUT2D eigenvalue weighted by molar-refractivity contribution is 0.125. The maximum atomic E-state index is 3.76. The highest BCUT2D eigenvalue weighted by atomic mass is 79.9. The molecule has 0 heterocycles. The van der Waals surface area contributed by atoms with Crippen molar-refractivity contribution in [1.82, 2.24) is 0 Å². The molecule has 0 spiro atoms. The Morgan fingerprint density at radius 2 is 0.875 bits per heavy atom. The molecule has 5 rings (SSSR count). The first-order chi connectivity index (χ1) is 18.6. The Hall–Kier alpha value is -2.36. The number of nitrogens with zero attached hydrogens (tertiary/aromatic N) is 1. The van der Waals surface area contributed by atoms with Gasteiger partial charge in [-0.3, -0.25) is 0 Å². The Labute approximate surface area is 258 Å². The van der Waals surface area contributed by atoms with Crippen molar-refractivity contribution in [1.29, 1.82) is 0 Å². The molecule has 1 aliphatic rings. The smallest absolute Gasteiger partial charge is 0.0467 e. The van der Waals surface area contributed by atoms with Crippen LogP contribution in [0.15, 0.2) is 75.7 Å². The number of benzene rings is 4. The molecule has 0 unspecified atom stereocenters. The van der Waals surface area contributed by atoms with Crippen LogP contribution in [0.25, 0.3) is 11.1 Å². The zero-order valence-electron chi connectivity index (χ0n) is 25.6. The van der Waals surface area contributed by atoms with Crippen LogP contribution in [-0.2, 0) is 10.8 Å². The first kappa shape index (κ1) is 29.1. The first-order valence-corrected chi connectivity index (χ1v) is 15.8. The summed E-state index contributed by atoms with van der Waals surface area (Å²) in [5, 5.41) is 0. The molecule has 40 heavy (non-hydrogen) atoms. The number of aryl methyl sites for hydroxylation is 4. The lowest BCUT2D eigenvalue weighted by Crippen LogP contribution is -2.42. The van der Waals surface area contributed by atoms with Gasteiger partial charge >= 0.3 is 0 Å². The van der Waals surface area contributed by atoms with Gasteiger partial charge in [0.15, 0.2) is 0 Å². The zero-order chi connectivity index (χ0) is 29.4. The average Bonchev–Trinajstić information content (AvgIpc) is 3.00. The van der Waals surface area contributed by atoms with E-state index in [-0.39, 0.29) is 16.2 Å². The third kappa shape index (κ3) is 4.40. The van der Waals surface area contributed by atoms with Gasteiger partial charge in [0, 0.05) is 26.0 Å². The van der Waals surface area contributed by atoms with E-state index in [2.05, 4.69) is 173 Å². The van der Waals surface area contributed by atoms with Crippen molar-refractivity contribution in [2.24, 2.45) is 5.41 Å². The molecule has 4 aromatic carbocycles. The monoisotopic (exact) mass is 657 g/mol. The summed E-state index contributed by atoms with van der Waals surface area (Å²) in [6.07, 6.45) is 0. The highest BCUT2D eigenvalue weighted by Crippen LogP contribution is 2.61. The molecule has 0 bridgehead atoms. The van der Waals surface area contributed by atoms with Crippen LogP contribution in [0.5, 0.6) is 0 Å². The predicted octanol–water partition coefficient (Wildman–Crippen LogP) is 12.2. The highest BCUT2D eigenvalue weighted by molar-refractivity contribution is 9.10. The fourth-order valence-corrected chi connectivity index (χ4v) is 7.05. The summed E-state index contributed by atoms with van der Waals surface area (Å²) in [7, 11) is 0. The van der Waals surface area contributed by atoms with E-state index in [1.807, 2.05) is 0 Å². The molecule has 4 aromatic rings. The van der Waals surface area contributed by atoms with Crippen LogP contribution in [0, 0.1) is 33.1 Å². The van der Waals surface area contributed by atoms with E-state index in [9.17, 15) is 0 Å². The average molecular weight is 660 g/mol. The molecule has 1 aliphatic carbocycles. The van der Waals surface area contributed by atoms with E-state index >= 15 is 0 Å². The number of fused-ring (bicyclic) bond motifs is 1. The van der Waals surface area contributed by atoms with Crippen LogP contribution in [0.4, 0.5) is 17.1 Å². The van der Waals surface area contributed by atoms with Crippen molar-refractivity contribution < 1.29 is 0 Å². The summed E-state index contributed by atoms with van der Waals surface area (Å²) < 4.78 is 2.33. The third-order valence-electron chi connectivity index (χ3n) is 10.3. The molecule has 0 saturated carbocycles. The zero-order valence-corrected chi connectivity index (χ0v) is 28.7. The molecule has 0 fully saturated rings. The molecule has 0 atom stereocenters. The standard InChI is InChI=1S/C37H41Br2N/c1-22-17-29(18-23(2)33(22)38)40(30-19-24(3)34(39)25(4)20-30)28-14-11-26(12-15-28)27-13-16-31-32(21-27)36(7,8)37(9,10)35(31,5)6/h11-21H,1-10H3. The largest absolute Gasteiger partial charge is 0.310 e. The van der Waals surface area contributed by atoms with Crippen LogP contribution in [0.3, 0.4) is 0 Å². The van der Waals surface area contributed by atoms with Gasteiger partial charge in [-0.1, -0.05) is 104 Å². The predicted molar refractivity (Wildman–Crippen MR) is 181 cm³/mol. The van der Waals surface area contributed by atoms with Crippen LogP contribution >= 0.6 is 31.9 Å². The van der Waals surface area contributed by atoms with Crippen molar-refractivity contribution in [2.75, 3.05) is 4.90 Å². The van der Waals surface area contributed by atoms with Crippen LogP contribution in [-0.4, -0.2) is 0 Å². The van der Waals surface area contributed by atoms with E-state index in [1.54, 1.807) is 0 Å². The van der Waals surface area contributed by atoms with Gasteiger partial charge in [0.05, 0.1) is 0 Å². The van der Waals surface area contributed by atoms with Gasteiger partial charge in [0.25, 0.3) is 0 Å². The van der Waals surface area contributed by atoms with E-state index in [0.717, 1.165) is 17.1 Å². The third-order valence-corrected chi connectivity index (χ3v) is 12.8. The quantitative estimate of drug-likeness (QED) is 0.211. The second-order valence-corrected chi connectivity index (χ2v) is 14.9. The van der Waals surface area contributed by atoms with Gasteiger partial charge in [-0.2, -0.15) is 0 Å². The summed E-state index contributed by atoms with van der Waals surface area (Å²) in [6, 6.07) is 25.3. The summed E-state index contributed by atoms with van der Waals surface area (Å²) in [5.41, 5.74) is 14.3. The van der Waals surface area contributed by atoms with Crippen LogP contribution in [0.1, 0.15) is 74.9 Å². The van der Waals surface area contributed by atoms with Crippen molar-refractivity contribution >= 4 is 48.9 Å². The van der Waals surface area contributed by atoms with Crippen LogP contribution < -0.4 is 4.90 Å². The molecule has 1 nitrogen and oxygen atoms in total. The summed E-state index contributed by atoms with van der Waals surface area (Å²) in [5.74, 6) is 0. The van der Waals surface area contributed by atoms with Gasteiger partial charge in [0.2, 0.25) is 0 Å². The molecular formula is C37H41Br2N. The van der Waals surface area contributed by atoms with Gasteiger partial charge < -0.3 is 4.90 Å². The molecule has 3 heteroatoms. The maximum absolute atomic E-state index is 3.76. The lowest BCUT2D eigenvalue weighted by atomic mass is 9.59. The Bertz CT molecular complexity index is 1520. The number of hydrogen-bond donors (Lipinski definition) is 0. The second kappa shape index (κ2) is 9.88. The SMILES string of the molecule is Cc1cc(N(c2ccc(-c3ccc4c(c3)C(C)(C)C(C)(C)C4(C)C)cc2)c2cc(C)c(Br)c(C)c2)cc(C)c1Br. The Morgan fingerprint density at radius 3 is 1.32 bits per heavy atom. The van der Waals surface area contributed by atoms with E-state index in [4.69, 9.17) is 0 Å². The van der Waals surface area contributed by atoms with Gasteiger partial charge in [-0.15, -0.1) is 0 Å². The molecule has 0 aliphatic heterocycles. The van der Waals surface area contributed by atoms with Crippen molar-refractivity contribution in [3.63, 3.8) is 0 Å². The Morgan fingerprint density at radius 1 is 0.475 bits per heavy atom. The summed E-state index contributed by atoms with van der Waals surface area (Å²) >= 11 is 7.52. The highest BCUT2D eigenvalue weighted by Gasteiger charge is 2.56. The van der Waals surface area contributed by atoms with Crippen molar-refractivity contribution in [2.45, 2.75) is 80.1 Å². The van der Waals surface area contributed by atoms with E-state index < -0.39 is 0 Å². The molecule has 0 saturated heterocycles. The normalized spacial score (nSPS) is 16.6. The van der Waals surface area contributed by atoms with Gasteiger partial charge in [-0.05, 0) is 125 Å². The van der Waals surface area contributed by atoms with Crippen LogP contribution in [0.2, 0.25) is 0 Å². The molecular weight excluding hydrogens is 618 g/mol. The van der Waals surface area contributed by atoms with Crippen molar-refractivity contribution in [3.05, 3.63) is 109 Å². The molecule has 0 radical (unpaired) electrons. The van der Waals surface area contributed by atoms with Crippen molar-refractivity contribution in [3.8, 4) is 11.1 Å². The van der Waals surface area contributed by atoms with Gasteiger partial charge in [-0.25, -0.2) is 0 Å². The van der Waals surface area contributed by atoms with Gasteiger partial charge in [0.1, 0.15) is 0 Å². The minimum Gasteiger partial charge on any atom is -0.310 e. The molecule has 0 N–H and O–H groups in total. The van der Waals surface area contributed by atoms with E-state index in [1.165, 1.54) is 53.5 Å². The first-order valence-electron chi connectivity index (χ1n) is 14.2. The Kier molecular flexibility index (Phi) is 7.20. The lowest BCUT2D eigenvalue weighted by Gasteiger charge is -2.44. The minimum atomic E-state index is 0.0905. The van der Waals surface area contributed by atoms with E-state index in [0.29, 0.717) is 0 Å².